The Balaban J connectivity index is 2.29. The largest absolute Gasteiger partial charge is 0.422 e. The number of pyridine rings is 1. The van der Waals surface area contributed by atoms with Crippen LogP contribution in [0.4, 0.5) is 0 Å². The number of fused-ring (bicyclic) bond motifs is 4. The molecular formula is C16H8BrNO2. The van der Waals surface area contributed by atoms with E-state index in [1.807, 2.05) is 42.5 Å². The van der Waals surface area contributed by atoms with E-state index in [1.165, 1.54) is 0 Å². The maximum atomic E-state index is 12.1. The van der Waals surface area contributed by atoms with E-state index < -0.39 is 0 Å². The lowest BCUT2D eigenvalue weighted by atomic mass is 10.1. The lowest BCUT2D eigenvalue weighted by molar-refractivity contribution is 0.569. The van der Waals surface area contributed by atoms with E-state index in [2.05, 4.69) is 20.9 Å². The second-order valence-corrected chi connectivity index (χ2v) is 5.52. The van der Waals surface area contributed by atoms with Gasteiger partial charge in [0.1, 0.15) is 5.58 Å². The highest BCUT2D eigenvalue weighted by Crippen LogP contribution is 2.25. The van der Waals surface area contributed by atoms with Gasteiger partial charge in [-0.3, -0.25) is 0 Å². The van der Waals surface area contributed by atoms with Gasteiger partial charge < -0.3 is 4.42 Å². The van der Waals surface area contributed by atoms with Crippen molar-refractivity contribution < 1.29 is 4.42 Å². The molecule has 4 heteroatoms. The van der Waals surface area contributed by atoms with Gasteiger partial charge in [-0.2, -0.15) is 0 Å². The Kier molecular flexibility index (Phi) is 2.41. The second-order valence-electron chi connectivity index (χ2n) is 4.61. The predicted molar refractivity (Wildman–Crippen MR) is 83.0 cm³/mol. The van der Waals surface area contributed by atoms with Gasteiger partial charge in [-0.25, -0.2) is 9.78 Å². The Hall–Kier alpha value is -2.20. The summed E-state index contributed by atoms with van der Waals surface area (Å²) in [5.41, 5.74) is 1.75. The van der Waals surface area contributed by atoms with Crippen molar-refractivity contribution >= 4 is 48.7 Å². The fraction of sp³-hybridized carbons (Fsp3) is 0. The molecule has 2 aromatic heterocycles. The summed E-state index contributed by atoms with van der Waals surface area (Å²) in [6.45, 7) is 0. The van der Waals surface area contributed by atoms with Crippen molar-refractivity contribution in [3.8, 4) is 0 Å². The van der Waals surface area contributed by atoms with Gasteiger partial charge in [0, 0.05) is 15.2 Å². The van der Waals surface area contributed by atoms with Crippen LogP contribution in [0.3, 0.4) is 0 Å². The molecule has 0 unspecified atom stereocenters. The molecule has 0 spiro atoms. The molecule has 20 heavy (non-hydrogen) atoms. The van der Waals surface area contributed by atoms with E-state index in [1.54, 1.807) is 6.07 Å². The van der Waals surface area contributed by atoms with Crippen molar-refractivity contribution in [2.45, 2.75) is 0 Å². The number of aromatic nitrogens is 1. The zero-order chi connectivity index (χ0) is 13.7. The zero-order valence-corrected chi connectivity index (χ0v) is 11.8. The number of hydrogen-bond donors (Lipinski definition) is 0. The quantitative estimate of drug-likeness (QED) is 0.275. The molecule has 4 aromatic rings. The number of benzene rings is 2. The first kappa shape index (κ1) is 11.6. The van der Waals surface area contributed by atoms with Gasteiger partial charge in [-0.15, -0.1) is 0 Å². The smallest absolute Gasteiger partial charge is 0.345 e. The Bertz CT molecular complexity index is 1040. The third-order valence-electron chi connectivity index (χ3n) is 3.34. The molecule has 0 N–H and O–H groups in total. The topological polar surface area (TPSA) is 43.1 Å². The molecule has 0 atom stereocenters. The molecule has 2 heterocycles. The third-order valence-corrected chi connectivity index (χ3v) is 3.83. The van der Waals surface area contributed by atoms with E-state index >= 15 is 0 Å². The van der Waals surface area contributed by atoms with Crippen LogP contribution < -0.4 is 5.63 Å². The Morgan fingerprint density at radius 2 is 1.85 bits per heavy atom. The van der Waals surface area contributed by atoms with Crippen molar-refractivity contribution in [1.82, 2.24) is 4.98 Å². The highest BCUT2D eigenvalue weighted by molar-refractivity contribution is 9.10. The molecule has 4 rings (SSSR count). The van der Waals surface area contributed by atoms with Gasteiger partial charge in [0.2, 0.25) is 0 Å². The molecule has 0 aliphatic carbocycles. The third kappa shape index (κ3) is 1.65. The first-order valence-corrected chi connectivity index (χ1v) is 6.93. The van der Waals surface area contributed by atoms with Crippen LogP contribution in [-0.2, 0) is 0 Å². The molecule has 96 valence electrons. The van der Waals surface area contributed by atoms with Crippen molar-refractivity contribution in [2.75, 3.05) is 0 Å². The standard InChI is InChI=1S/C16H8BrNO2/c17-10-5-6-13-9(7-10)8-12-15(18-13)11-3-1-2-4-14(11)20-16(12)19/h1-8H. The fourth-order valence-corrected chi connectivity index (χ4v) is 2.79. The van der Waals surface area contributed by atoms with Crippen molar-refractivity contribution in [2.24, 2.45) is 0 Å². The van der Waals surface area contributed by atoms with Crippen LogP contribution >= 0.6 is 15.9 Å². The minimum absolute atomic E-state index is 0.354. The van der Waals surface area contributed by atoms with Gasteiger partial charge in [-0.1, -0.05) is 28.1 Å². The van der Waals surface area contributed by atoms with Crippen LogP contribution in [0.1, 0.15) is 0 Å². The summed E-state index contributed by atoms with van der Waals surface area (Å²) in [6, 6.07) is 15.1. The first-order chi connectivity index (χ1) is 9.72. The van der Waals surface area contributed by atoms with Gasteiger partial charge in [0.15, 0.2) is 0 Å². The highest BCUT2D eigenvalue weighted by atomic mass is 79.9. The Labute approximate surface area is 122 Å². The second kappa shape index (κ2) is 4.15. The van der Waals surface area contributed by atoms with E-state index in [-0.39, 0.29) is 5.63 Å². The molecule has 0 aliphatic heterocycles. The molecule has 0 fully saturated rings. The molecule has 2 aromatic carbocycles. The molecule has 0 saturated heterocycles. The van der Waals surface area contributed by atoms with Crippen LogP contribution in [0.2, 0.25) is 0 Å². The van der Waals surface area contributed by atoms with E-state index in [9.17, 15) is 4.79 Å². The molecule has 0 amide bonds. The highest BCUT2D eigenvalue weighted by Gasteiger charge is 2.09. The van der Waals surface area contributed by atoms with Crippen LogP contribution in [-0.4, -0.2) is 4.98 Å². The SMILES string of the molecule is O=c1oc2ccccc2c2nc3ccc(Br)cc3cc12. The van der Waals surface area contributed by atoms with Crippen LogP contribution in [0.5, 0.6) is 0 Å². The molecular weight excluding hydrogens is 318 g/mol. The normalized spacial score (nSPS) is 11.4. The van der Waals surface area contributed by atoms with Crippen LogP contribution in [0.25, 0.3) is 32.8 Å². The minimum Gasteiger partial charge on any atom is -0.422 e. The van der Waals surface area contributed by atoms with Crippen LogP contribution in [0, 0.1) is 0 Å². The number of nitrogens with zero attached hydrogens (tertiary/aromatic N) is 1. The summed E-state index contributed by atoms with van der Waals surface area (Å²) in [5, 5.41) is 2.27. The predicted octanol–water partition coefficient (Wildman–Crippen LogP) is 4.26. The van der Waals surface area contributed by atoms with Gasteiger partial charge in [0.25, 0.3) is 0 Å². The number of para-hydroxylation sites is 1. The number of rotatable bonds is 0. The fourth-order valence-electron chi connectivity index (χ4n) is 2.41. The maximum absolute atomic E-state index is 12.1. The number of hydrogen-bond acceptors (Lipinski definition) is 3. The Morgan fingerprint density at radius 3 is 2.75 bits per heavy atom. The van der Waals surface area contributed by atoms with Gasteiger partial charge in [0.05, 0.1) is 16.4 Å². The Morgan fingerprint density at radius 1 is 1.00 bits per heavy atom. The van der Waals surface area contributed by atoms with E-state index in [4.69, 9.17) is 4.42 Å². The number of halogens is 1. The first-order valence-electron chi connectivity index (χ1n) is 6.14. The average Bonchev–Trinajstić information content (AvgIpc) is 2.46. The lowest BCUT2D eigenvalue weighted by Gasteiger charge is -2.04. The van der Waals surface area contributed by atoms with E-state index in [0.29, 0.717) is 16.5 Å². The zero-order valence-electron chi connectivity index (χ0n) is 10.3. The minimum atomic E-state index is -0.354. The molecule has 0 radical (unpaired) electrons. The summed E-state index contributed by atoms with van der Waals surface area (Å²) in [7, 11) is 0. The summed E-state index contributed by atoms with van der Waals surface area (Å²) in [4.78, 5) is 16.7. The van der Waals surface area contributed by atoms with Crippen molar-refractivity contribution in [1.29, 1.82) is 0 Å². The lowest BCUT2D eigenvalue weighted by Crippen LogP contribution is -2.01. The monoisotopic (exact) mass is 325 g/mol. The van der Waals surface area contributed by atoms with Crippen LogP contribution in [0.15, 0.2) is 62.2 Å². The molecule has 0 aliphatic rings. The van der Waals surface area contributed by atoms with Crippen molar-refractivity contribution in [3.63, 3.8) is 0 Å². The maximum Gasteiger partial charge on any atom is 0.345 e. The summed E-state index contributed by atoms with van der Waals surface area (Å²) in [6.07, 6.45) is 0. The van der Waals surface area contributed by atoms with Gasteiger partial charge >= 0.3 is 5.63 Å². The molecule has 3 nitrogen and oxygen atoms in total. The summed E-state index contributed by atoms with van der Waals surface area (Å²) in [5.74, 6) is 0. The van der Waals surface area contributed by atoms with E-state index in [0.717, 1.165) is 20.8 Å². The summed E-state index contributed by atoms with van der Waals surface area (Å²) < 4.78 is 6.30. The molecule has 0 saturated carbocycles. The van der Waals surface area contributed by atoms with Gasteiger partial charge in [-0.05, 0) is 36.4 Å². The molecule has 0 bridgehead atoms. The van der Waals surface area contributed by atoms with Crippen molar-refractivity contribution in [3.05, 3.63) is 63.4 Å². The average molecular weight is 326 g/mol. The summed E-state index contributed by atoms with van der Waals surface area (Å²) >= 11 is 3.43.